The Kier molecular flexibility index (Phi) is 6.81. The average Bonchev–Trinajstić information content (AvgIpc) is 2.46. The number of carbonyl (C=O) groups is 1. The Morgan fingerprint density at radius 2 is 1.81 bits per heavy atom. The lowest BCUT2D eigenvalue weighted by molar-refractivity contribution is -0.122. The van der Waals surface area contributed by atoms with Gasteiger partial charge in [-0.25, -0.2) is 0 Å². The van der Waals surface area contributed by atoms with Crippen molar-refractivity contribution >= 4 is 5.91 Å². The Labute approximate surface area is 126 Å². The van der Waals surface area contributed by atoms with E-state index in [4.69, 9.17) is 0 Å². The van der Waals surface area contributed by atoms with Crippen LogP contribution in [-0.2, 0) is 11.3 Å². The zero-order valence-electron chi connectivity index (χ0n) is 13.1. The van der Waals surface area contributed by atoms with Crippen molar-refractivity contribution < 1.29 is 15.0 Å². The SMILES string of the molecule is Cc1ccc(CNC(=O)CN(C)CC(C)(CO)CO)cc1. The van der Waals surface area contributed by atoms with Crippen LogP contribution in [-0.4, -0.2) is 54.4 Å². The van der Waals surface area contributed by atoms with Gasteiger partial charge >= 0.3 is 0 Å². The standard InChI is InChI=1S/C16H26N2O3/c1-13-4-6-14(7-5-13)8-17-15(21)9-18(3)10-16(2,11-19)12-20/h4-7,19-20H,8-12H2,1-3H3,(H,17,21). The van der Waals surface area contributed by atoms with Crippen LogP contribution in [0.2, 0.25) is 0 Å². The fraction of sp³-hybridized carbons (Fsp3) is 0.562. The Morgan fingerprint density at radius 3 is 2.33 bits per heavy atom. The highest BCUT2D eigenvalue weighted by Gasteiger charge is 2.24. The minimum atomic E-state index is -0.591. The molecule has 0 unspecified atom stereocenters. The molecular weight excluding hydrogens is 268 g/mol. The van der Waals surface area contributed by atoms with Crippen molar-refractivity contribution in [2.24, 2.45) is 5.41 Å². The summed E-state index contributed by atoms with van der Waals surface area (Å²) in [6.07, 6.45) is 0. The summed E-state index contributed by atoms with van der Waals surface area (Å²) in [4.78, 5) is 13.7. The molecule has 1 amide bonds. The molecule has 118 valence electrons. The first-order valence-corrected chi connectivity index (χ1v) is 7.11. The van der Waals surface area contributed by atoms with Crippen molar-refractivity contribution in [3.05, 3.63) is 35.4 Å². The van der Waals surface area contributed by atoms with E-state index in [-0.39, 0.29) is 25.7 Å². The molecule has 0 heterocycles. The van der Waals surface area contributed by atoms with Crippen molar-refractivity contribution in [2.75, 3.05) is 33.4 Å². The molecule has 0 aliphatic rings. The Morgan fingerprint density at radius 1 is 1.24 bits per heavy atom. The molecule has 1 aromatic carbocycles. The third-order valence-electron chi connectivity index (χ3n) is 3.44. The summed E-state index contributed by atoms with van der Waals surface area (Å²) in [7, 11) is 1.80. The van der Waals surface area contributed by atoms with Crippen molar-refractivity contribution in [2.45, 2.75) is 20.4 Å². The van der Waals surface area contributed by atoms with E-state index in [9.17, 15) is 15.0 Å². The predicted octanol–water partition coefficient (Wildman–Crippen LogP) is 0.534. The number of aryl methyl sites for hydroxylation is 1. The van der Waals surface area contributed by atoms with Gasteiger partial charge in [-0.1, -0.05) is 36.8 Å². The summed E-state index contributed by atoms with van der Waals surface area (Å²) in [5, 5.41) is 21.4. The molecule has 5 heteroatoms. The largest absolute Gasteiger partial charge is 0.396 e. The molecule has 21 heavy (non-hydrogen) atoms. The summed E-state index contributed by atoms with van der Waals surface area (Å²) in [6.45, 7) is 4.78. The van der Waals surface area contributed by atoms with Gasteiger partial charge in [0, 0.05) is 18.5 Å². The van der Waals surface area contributed by atoms with Gasteiger partial charge in [0.25, 0.3) is 0 Å². The van der Waals surface area contributed by atoms with Crippen molar-refractivity contribution in [3.63, 3.8) is 0 Å². The smallest absolute Gasteiger partial charge is 0.234 e. The molecule has 1 rings (SSSR count). The van der Waals surface area contributed by atoms with Crippen LogP contribution in [0.3, 0.4) is 0 Å². The van der Waals surface area contributed by atoms with Gasteiger partial charge in [0.15, 0.2) is 0 Å². The number of rotatable bonds is 8. The van der Waals surface area contributed by atoms with Crippen LogP contribution in [0.5, 0.6) is 0 Å². The molecule has 0 bridgehead atoms. The van der Waals surface area contributed by atoms with Gasteiger partial charge in [0.05, 0.1) is 19.8 Å². The maximum absolute atomic E-state index is 11.9. The minimum absolute atomic E-state index is 0.0729. The number of amides is 1. The predicted molar refractivity (Wildman–Crippen MR) is 82.8 cm³/mol. The second kappa shape index (κ2) is 8.12. The van der Waals surface area contributed by atoms with Crippen LogP contribution in [0.1, 0.15) is 18.1 Å². The maximum atomic E-state index is 11.9. The second-order valence-electron chi connectivity index (χ2n) is 6.06. The van der Waals surface area contributed by atoms with E-state index >= 15 is 0 Å². The first kappa shape index (κ1) is 17.6. The minimum Gasteiger partial charge on any atom is -0.396 e. The number of carbonyl (C=O) groups excluding carboxylic acids is 1. The molecule has 5 nitrogen and oxygen atoms in total. The highest BCUT2D eigenvalue weighted by atomic mass is 16.3. The van der Waals surface area contributed by atoms with Gasteiger partial charge in [0.1, 0.15) is 0 Å². The molecule has 0 aliphatic carbocycles. The Balaban J connectivity index is 2.37. The maximum Gasteiger partial charge on any atom is 0.234 e. The van der Waals surface area contributed by atoms with Crippen molar-refractivity contribution in [1.29, 1.82) is 0 Å². The quantitative estimate of drug-likeness (QED) is 0.654. The van der Waals surface area contributed by atoms with E-state index in [0.717, 1.165) is 5.56 Å². The lowest BCUT2D eigenvalue weighted by Gasteiger charge is -2.29. The summed E-state index contributed by atoms with van der Waals surface area (Å²) in [5.74, 6) is -0.0729. The van der Waals surface area contributed by atoms with E-state index < -0.39 is 5.41 Å². The van der Waals surface area contributed by atoms with Gasteiger partial charge < -0.3 is 15.5 Å². The normalized spacial score (nSPS) is 11.7. The van der Waals surface area contributed by atoms with E-state index in [0.29, 0.717) is 13.1 Å². The third-order valence-corrected chi connectivity index (χ3v) is 3.44. The number of benzene rings is 1. The molecule has 0 aliphatic heterocycles. The first-order valence-electron chi connectivity index (χ1n) is 7.11. The molecule has 0 atom stereocenters. The van der Waals surface area contributed by atoms with E-state index in [2.05, 4.69) is 5.32 Å². The number of hydrogen-bond donors (Lipinski definition) is 3. The summed E-state index contributed by atoms with van der Waals surface area (Å²) in [5.41, 5.74) is 1.66. The number of aliphatic hydroxyl groups excluding tert-OH is 2. The van der Waals surface area contributed by atoms with E-state index in [1.165, 1.54) is 5.56 Å². The van der Waals surface area contributed by atoms with Crippen molar-refractivity contribution in [1.82, 2.24) is 10.2 Å². The lowest BCUT2D eigenvalue weighted by atomic mass is 9.92. The summed E-state index contributed by atoms with van der Waals surface area (Å²) >= 11 is 0. The Bertz CT molecular complexity index is 441. The van der Waals surface area contributed by atoms with Crippen LogP contribution < -0.4 is 5.32 Å². The molecular formula is C16H26N2O3. The monoisotopic (exact) mass is 294 g/mol. The first-order chi connectivity index (χ1) is 9.88. The number of aliphatic hydroxyl groups is 2. The number of likely N-dealkylation sites (N-methyl/N-ethyl adjacent to an activating group) is 1. The zero-order chi connectivity index (χ0) is 15.9. The van der Waals surface area contributed by atoms with Crippen LogP contribution in [0, 0.1) is 12.3 Å². The van der Waals surface area contributed by atoms with Crippen molar-refractivity contribution in [3.8, 4) is 0 Å². The van der Waals surface area contributed by atoms with Crippen LogP contribution in [0.15, 0.2) is 24.3 Å². The van der Waals surface area contributed by atoms with Gasteiger partial charge in [-0.3, -0.25) is 9.69 Å². The zero-order valence-corrected chi connectivity index (χ0v) is 13.1. The van der Waals surface area contributed by atoms with Gasteiger partial charge in [-0.2, -0.15) is 0 Å². The second-order valence-corrected chi connectivity index (χ2v) is 6.06. The van der Waals surface area contributed by atoms with Crippen LogP contribution >= 0.6 is 0 Å². The van der Waals surface area contributed by atoms with Gasteiger partial charge in [-0.15, -0.1) is 0 Å². The number of nitrogens with one attached hydrogen (secondary N) is 1. The summed E-state index contributed by atoms with van der Waals surface area (Å²) < 4.78 is 0. The van der Waals surface area contributed by atoms with E-state index in [1.807, 2.05) is 31.2 Å². The molecule has 0 spiro atoms. The topological polar surface area (TPSA) is 72.8 Å². The van der Waals surface area contributed by atoms with Gasteiger partial charge in [0.2, 0.25) is 5.91 Å². The summed E-state index contributed by atoms with van der Waals surface area (Å²) in [6, 6.07) is 8.02. The lowest BCUT2D eigenvalue weighted by Crippen LogP contribution is -2.43. The molecule has 0 saturated carbocycles. The number of nitrogens with zero attached hydrogens (tertiary/aromatic N) is 1. The molecule has 0 radical (unpaired) electrons. The van der Waals surface area contributed by atoms with Gasteiger partial charge in [-0.05, 0) is 19.5 Å². The van der Waals surface area contributed by atoms with E-state index in [1.54, 1.807) is 18.9 Å². The fourth-order valence-corrected chi connectivity index (χ4v) is 2.07. The highest BCUT2D eigenvalue weighted by Crippen LogP contribution is 2.15. The van der Waals surface area contributed by atoms with Crippen LogP contribution in [0.4, 0.5) is 0 Å². The highest BCUT2D eigenvalue weighted by molar-refractivity contribution is 5.77. The molecule has 0 fully saturated rings. The third kappa shape index (κ3) is 6.25. The average molecular weight is 294 g/mol. The molecule has 3 N–H and O–H groups in total. The molecule has 0 saturated heterocycles. The molecule has 1 aromatic rings. The van der Waals surface area contributed by atoms with Crippen LogP contribution in [0.25, 0.3) is 0 Å². The Hall–Kier alpha value is -1.43. The molecule has 0 aromatic heterocycles. The number of hydrogen-bond acceptors (Lipinski definition) is 4. The fourth-order valence-electron chi connectivity index (χ4n) is 2.07.